The Hall–Kier alpha value is -1.73. The second-order valence-electron chi connectivity index (χ2n) is 6.48. The van der Waals surface area contributed by atoms with Gasteiger partial charge in [0.15, 0.2) is 5.65 Å². The molecule has 0 aliphatic carbocycles. The number of nitrogens with zero attached hydrogens (tertiary/aromatic N) is 6. The van der Waals surface area contributed by atoms with Crippen molar-refractivity contribution in [2.75, 3.05) is 44.2 Å². The predicted octanol–water partition coefficient (Wildman–Crippen LogP) is 1.05. The van der Waals surface area contributed by atoms with Gasteiger partial charge in [-0.1, -0.05) is 0 Å². The number of fused-ring (bicyclic) bond motifs is 1. The Bertz CT molecular complexity index is 658. The molecule has 2 aliphatic rings. The zero-order valence-electron chi connectivity index (χ0n) is 13.7. The van der Waals surface area contributed by atoms with Crippen molar-refractivity contribution < 1.29 is 4.74 Å². The molecule has 2 saturated heterocycles. The van der Waals surface area contributed by atoms with E-state index in [0.29, 0.717) is 6.10 Å². The summed E-state index contributed by atoms with van der Waals surface area (Å²) in [7, 11) is 1.92. The molecule has 7 heteroatoms. The van der Waals surface area contributed by atoms with E-state index in [1.54, 1.807) is 11.0 Å². The molecule has 4 heterocycles. The Kier molecular flexibility index (Phi) is 4.13. The second kappa shape index (κ2) is 6.41. The Balaban J connectivity index is 1.40. The van der Waals surface area contributed by atoms with Crippen molar-refractivity contribution in [3.8, 4) is 0 Å². The van der Waals surface area contributed by atoms with Crippen LogP contribution in [-0.2, 0) is 11.8 Å². The molecule has 4 rings (SSSR count). The molecular formula is C16H24N6O. The maximum atomic E-state index is 5.87. The Morgan fingerprint density at radius 2 is 2.04 bits per heavy atom. The molecule has 0 unspecified atom stereocenters. The molecule has 0 aromatic carbocycles. The van der Waals surface area contributed by atoms with E-state index in [4.69, 9.17) is 4.74 Å². The van der Waals surface area contributed by atoms with E-state index in [0.717, 1.165) is 56.2 Å². The number of rotatable bonds is 3. The summed E-state index contributed by atoms with van der Waals surface area (Å²) in [6.45, 7) is 6.11. The summed E-state index contributed by atoms with van der Waals surface area (Å²) in [5.41, 5.74) is 0.896. The average Bonchev–Trinajstić information content (AvgIpc) is 2.98. The van der Waals surface area contributed by atoms with Crippen molar-refractivity contribution >= 4 is 16.9 Å². The first-order valence-corrected chi connectivity index (χ1v) is 8.53. The zero-order chi connectivity index (χ0) is 15.6. The molecule has 1 atom stereocenters. The topological polar surface area (TPSA) is 59.3 Å². The third-order valence-electron chi connectivity index (χ3n) is 4.92. The van der Waals surface area contributed by atoms with Crippen LogP contribution >= 0.6 is 0 Å². The largest absolute Gasteiger partial charge is 0.377 e. The smallest absolute Gasteiger partial charge is 0.163 e. The van der Waals surface area contributed by atoms with Gasteiger partial charge >= 0.3 is 0 Å². The van der Waals surface area contributed by atoms with Crippen LogP contribution in [0, 0.1) is 0 Å². The van der Waals surface area contributed by atoms with Crippen LogP contribution in [0.2, 0.25) is 0 Å². The molecule has 2 aromatic rings. The van der Waals surface area contributed by atoms with Crippen LogP contribution in [0.15, 0.2) is 12.5 Å². The summed E-state index contributed by atoms with van der Waals surface area (Å²) in [6, 6.07) is 0. The van der Waals surface area contributed by atoms with Gasteiger partial charge in [0.1, 0.15) is 12.1 Å². The number of hydrogen-bond donors (Lipinski definition) is 0. The molecule has 0 spiro atoms. The van der Waals surface area contributed by atoms with Gasteiger partial charge in [0.2, 0.25) is 0 Å². The quantitative estimate of drug-likeness (QED) is 0.844. The SMILES string of the molecule is Cn1ncc2c(N3CCN(C[C@H]4CCCCO4)CC3)ncnc21. The Morgan fingerprint density at radius 1 is 1.17 bits per heavy atom. The minimum absolute atomic E-state index is 0.430. The van der Waals surface area contributed by atoms with Crippen molar-refractivity contribution in [3.05, 3.63) is 12.5 Å². The van der Waals surface area contributed by atoms with E-state index in [1.807, 2.05) is 13.2 Å². The molecule has 23 heavy (non-hydrogen) atoms. The standard InChI is InChI=1S/C16H24N6O/c1-20-15-14(10-19-20)16(18-12-17-15)22-7-5-21(6-8-22)11-13-4-2-3-9-23-13/h10,12-13H,2-9,11H2,1H3/t13-/m1/s1. The average molecular weight is 316 g/mol. The van der Waals surface area contributed by atoms with Gasteiger partial charge < -0.3 is 9.64 Å². The van der Waals surface area contributed by atoms with Crippen molar-refractivity contribution in [1.82, 2.24) is 24.6 Å². The number of piperazine rings is 1. The maximum absolute atomic E-state index is 5.87. The lowest BCUT2D eigenvalue weighted by atomic mass is 10.1. The summed E-state index contributed by atoms with van der Waals surface area (Å²) >= 11 is 0. The molecule has 2 fully saturated rings. The highest BCUT2D eigenvalue weighted by Crippen LogP contribution is 2.23. The van der Waals surface area contributed by atoms with Gasteiger partial charge in [-0.3, -0.25) is 9.58 Å². The maximum Gasteiger partial charge on any atom is 0.163 e. The molecule has 0 saturated carbocycles. The molecule has 0 amide bonds. The van der Waals surface area contributed by atoms with E-state index in [9.17, 15) is 0 Å². The van der Waals surface area contributed by atoms with Gasteiger partial charge in [0.05, 0.1) is 17.7 Å². The van der Waals surface area contributed by atoms with Crippen LogP contribution in [0.1, 0.15) is 19.3 Å². The second-order valence-corrected chi connectivity index (χ2v) is 6.48. The Morgan fingerprint density at radius 3 is 2.83 bits per heavy atom. The van der Waals surface area contributed by atoms with Crippen molar-refractivity contribution in [2.24, 2.45) is 7.05 Å². The fraction of sp³-hybridized carbons (Fsp3) is 0.688. The molecule has 2 aliphatic heterocycles. The Labute approximate surface area is 136 Å². The summed E-state index contributed by atoms with van der Waals surface area (Å²) < 4.78 is 7.67. The first-order valence-electron chi connectivity index (χ1n) is 8.53. The fourth-order valence-corrected chi connectivity index (χ4v) is 3.58. The van der Waals surface area contributed by atoms with E-state index < -0.39 is 0 Å². The summed E-state index contributed by atoms with van der Waals surface area (Å²) in [5, 5.41) is 5.34. The lowest BCUT2D eigenvalue weighted by Crippen LogP contribution is -2.49. The number of aryl methyl sites for hydroxylation is 1. The molecule has 0 bridgehead atoms. The normalized spacial score (nSPS) is 23.5. The molecule has 0 N–H and O–H groups in total. The number of ether oxygens (including phenoxy) is 1. The van der Waals surface area contributed by atoms with Gasteiger partial charge in [-0.25, -0.2) is 9.97 Å². The van der Waals surface area contributed by atoms with Crippen LogP contribution < -0.4 is 4.90 Å². The van der Waals surface area contributed by atoms with Crippen molar-refractivity contribution in [2.45, 2.75) is 25.4 Å². The van der Waals surface area contributed by atoms with Crippen LogP contribution in [0.3, 0.4) is 0 Å². The van der Waals surface area contributed by atoms with Crippen LogP contribution in [0.5, 0.6) is 0 Å². The van der Waals surface area contributed by atoms with E-state index >= 15 is 0 Å². The van der Waals surface area contributed by atoms with Crippen LogP contribution in [-0.4, -0.2) is 70.1 Å². The highest BCUT2D eigenvalue weighted by Gasteiger charge is 2.24. The van der Waals surface area contributed by atoms with E-state index in [-0.39, 0.29) is 0 Å². The van der Waals surface area contributed by atoms with E-state index in [2.05, 4.69) is 24.9 Å². The van der Waals surface area contributed by atoms with Gasteiger partial charge in [0.25, 0.3) is 0 Å². The van der Waals surface area contributed by atoms with E-state index in [1.165, 1.54) is 19.3 Å². The molecule has 7 nitrogen and oxygen atoms in total. The van der Waals surface area contributed by atoms with Gasteiger partial charge in [-0.05, 0) is 19.3 Å². The lowest BCUT2D eigenvalue weighted by molar-refractivity contribution is -0.00646. The highest BCUT2D eigenvalue weighted by molar-refractivity contribution is 5.86. The molecular weight excluding hydrogens is 292 g/mol. The monoisotopic (exact) mass is 316 g/mol. The van der Waals surface area contributed by atoms with Gasteiger partial charge in [-0.2, -0.15) is 5.10 Å². The molecule has 2 aromatic heterocycles. The molecule has 0 radical (unpaired) electrons. The highest BCUT2D eigenvalue weighted by atomic mass is 16.5. The van der Waals surface area contributed by atoms with Gasteiger partial charge in [0, 0.05) is 46.4 Å². The third kappa shape index (κ3) is 3.03. The number of anilines is 1. The van der Waals surface area contributed by atoms with Crippen molar-refractivity contribution in [3.63, 3.8) is 0 Å². The summed E-state index contributed by atoms with van der Waals surface area (Å²) in [4.78, 5) is 13.7. The predicted molar refractivity (Wildman–Crippen MR) is 88.5 cm³/mol. The molecule has 124 valence electrons. The van der Waals surface area contributed by atoms with Crippen LogP contribution in [0.4, 0.5) is 5.82 Å². The van der Waals surface area contributed by atoms with Crippen LogP contribution in [0.25, 0.3) is 11.0 Å². The minimum Gasteiger partial charge on any atom is -0.377 e. The summed E-state index contributed by atoms with van der Waals surface area (Å²) in [5.74, 6) is 1.01. The third-order valence-corrected chi connectivity index (χ3v) is 4.92. The summed E-state index contributed by atoms with van der Waals surface area (Å²) in [6.07, 6.45) is 7.68. The fourth-order valence-electron chi connectivity index (χ4n) is 3.58. The number of aromatic nitrogens is 4. The first-order chi connectivity index (χ1) is 11.3. The first kappa shape index (κ1) is 14.8. The zero-order valence-corrected chi connectivity index (χ0v) is 13.7. The number of hydrogen-bond acceptors (Lipinski definition) is 6. The van der Waals surface area contributed by atoms with Gasteiger partial charge in [-0.15, -0.1) is 0 Å². The lowest BCUT2D eigenvalue weighted by Gasteiger charge is -2.37. The van der Waals surface area contributed by atoms with Crippen molar-refractivity contribution in [1.29, 1.82) is 0 Å². The minimum atomic E-state index is 0.430.